The van der Waals surface area contributed by atoms with Gasteiger partial charge in [-0.2, -0.15) is 4.98 Å². The lowest BCUT2D eigenvalue weighted by Crippen LogP contribution is -2.17. The topological polar surface area (TPSA) is 47.0 Å². The molecule has 4 nitrogen and oxygen atoms in total. The summed E-state index contributed by atoms with van der Waals surface area (Å²) in [5.74, 6) is 2.93. The standard InChI is InChI=1S/C17H23N3O/c1-5-11-18-14-12-15(20-16(19-14)17(2,3)4)21-13-9-7-6-8-10-13/h6-10,12H,5,11H2,1-4H3,(H,18,19,20). The Morgan fingerprint density at radius 1 is 1.10 bits per heavy atom. The number of para-hydroxylation sites is 1. The smallest absolute Gasteiger partial charge is 0.224 e. The highest BCUT2D eigenvalue weighted by molar-refractivity contribution is 5.40. The first-order valence-electron chi connectivity index (χ1n) is 7.35. The van der Waals surface area contributed by atoms with E-state index in [1.807, 2.05) is 36.4 Å². The van der Waals surface area contributed by atoms with Crippen LogP contribution in [0.15, 0.2) is 36.4 Å². The number of ether oxygens (including phenoxy) is 1. The normalized spacial score (nSPS) is 11.2. The molecular formula is C17H23N3O. The van der Waals surface area contributed by atoms with Gasteiger partial charge in [-0.05, 0) is 18.6 Å². The lowest BCUT2D eigenvalue weighted by atomic mass is 9.96. The molecule has 0 atom stereocenters. The van der Waals surface area contributed by atoms with Crippen molar-refractivity contribution in [3.63, 3.8) is 0 Å². The Morgan fingerprint density at radius 2 is 1.81 bits per heavy atom. The van der Waals surface area contributed by atoms with Crippen molar-refractivity contribution in [1.82, 2.24) is 9.97 Å². The molecule has 4 heteroatoms. The number of benzene rings is 1. The Hall–Kier alpha value is -2.10. The Balaban J connectivity index is 2.30. The molecular weight excluding hydrogens is 262 g/mol. The number of anilines is 1. The van der Waals surface area contributed by atoms with E-state index in [1.54, 1.807) is 0 Å². The number of hydrogen-bond acceptors (Lipinski definition) is 4. The molecule has 1 heterocycles. The molecule has 0 spiro atoms. The molecule has 0 bridgehead atoms. The van der Waals surface area contributed by atoms with Crippen molar-refractivity contribution >= 4 is 5.82 Å². The first kappa shape index (κ1) is 15.3. The maximum absolute atomic E-state index is 5.84. The summed E-state index contributed by atoms with van der Waals surface area (Å²) in [6, 6.07) is 11.5. The molecule has 0 aliphatic rings. The van der Waals surface area contributed by atoms with Crippen molar-refractivity contribution in [1.29, 1.82) is 0 Å². The Kier molecular flexibility index (Phi) is 4.78. The fraction of sp³-hybridized carbons (Fsp3) is 0.412. The summed E-state index contributed by atoms with van der Waals surface area (Å²) in [6.45, 7) is 9.29. The van der Waals surface area contributed by atoms with E-state index < -0.39 is 0 Å². The Morgan fingerprint density at radius 3 is 2.43 bits per heavy atom. The minimum absolute atomic E-state index is 0.126. The van der Waals surface area contributed by atoms with Gasteiger partial charge in [0.05, 0.1) is 0 Å². The van der Waals surface area contributed by atoms with E-state index in [9.17, 15) is 0 Å². The third kappa shape index (κ3) is 4.45. The molecule has 2 rings (SSSR count). The molecule has 1 aromatic heterocycles. The van der Waals surface area contributed by atoms with Crippen molar-refractivity contribution < 1.29 is 4.74 Å². The van der Waals surface area contributed by atoms with Gasteiger partial charge in [-0.1, -0.05) is 45.9 Å². The number of hydrogen-bond donors (Lipinski definition) is 1. The van der Waals surface area contributed by atoms with Gasteiger partial charge in [0.15, 0.2) is 0 Å². The van der Waals surface area contributed by atoms with E-state index in [1.165, 1.54) is 0 Å². The van der Waals surface area contributed by atoms with Gasteiger partial charge < -0.3 is 10.1 Å². The Bertz CT molecular complexity index is 576. The Labute approximate surface area is 126 Å². The first-order valence-corrected chi connectivity index (χ1v) is 7.35. The maximum Gasteiger partial charge on any atom is 0.224 e. The molecule has 0 amide bonds. The number of nitrogens with one attached hydrogen (secondary N) is 1. The molecule has 21 heavy (non-hydrogen) atoms. The van der Waals surface area contributed by atoms with Crippen LogP contribution in [0.25, 0.3) is 0 Å². The molecule has 0 fully saturated rings. The quantitative estimate of drug-likeness (QED) is 0.885. The summed E-state index contributed by atoms with van der Waals surface area (Å²) < 4.78 is 5.84. The molecule has 0 radical (unpaired) electrons. The van der Waals surface area contributed by atoms with Crippen molar-refractivity contribution in [2.45, 2.75) is 39.5 Å². The zero-order chi connectivity index (χ0) is 15.3. The molecule has 2 aromatic rings. The van der Waals surface area contributed by atoms with Gasteiger partial charge in [-0.25, -0.2) is 4.98 Å². The zero-order valence-electron chi connectivity index (χ0n) is 13.2. The number of rotatable bonds is 5. The second-order valence-corrected chi connectivity index (χ2v) is 6.01. The fourth-order valence-corrected chi connectivity index (χ4v) is 1.77. The van der Waals surface area contributed by atoms with Gasteiger partial charge in [0.2, 0.25) is 5.88 Å². The van der Waals surface area contributed by atoms with Crippen molar-refractivity contribution in [3.05, 3.63) is 42.2 Å². The second-order valence-electron chi connectivity index (χ2n) is 6.01. The van der Waals surface area contributed by atoms with Crippen LogP contribution >= 0.6 is 0 Å². The lowest BCUT2D eigenvalue weighted by molar-refractivity contribution is 0.446. The van der Waals surface area contributed by atoms with Gasteiger partial charge in [-0.3, -0.25) is 0 Å². The summed E-state index contributed by atoms with van der Waals surface area (Å²) in [4.78, 5) is 9.12. The molecule has 112 valence electrons. The summed E-state index contributed by atoms with van der Waals surface area (Å²) in [5.41, 5.74) is -0.126. The van der Waals surface area contributed by atoms with Crippen LogP contribution in [0.4, 0.5) is 5.82 Å². The monoisotopic (exact) mass is 285 g/mol. The van der Waals surface area contributed by atoms with Crippen LogP contribution in [0.3, 0.4) is 0 Å². The van der Waals surface area contributed by atoms with Gasteiger partial charge >= 0.3 is 0 Å². The average Bonchev–Trinajstić information content (AvgIpc) is 2.45. The largest absolute Gasteiger partial charge is 0.439 e. The summed E-state index contributed by atoms with van der Waals surface area (Å²) >= 11 is 0. The zero-order valence-corrected chi connectivity index (χ0v) is 13.2. The number of nitrogens with zero attached hydrogens (tertiary/aromatic N) is 2. The van der Waals surface area contributed by atoms with E-state index in [4.69, 9.17) is 4.74 Å². The molecule has 0 unspecified atom stereocenters. The number of aromatic nitrogens is 2. The van der Waals surface area contributed by atoms with Gasteiger partial charge in [0.25, 0.3) is 0 Å². The molecule has 1 N–H and O–H groups in total. The first-order chi connectivity index (χ1) is 9.99. The lowest BCUT2D eigenvalue weighted by Gasteiger charge is -2.19. The third-order valence-electron chi connectivity index (χ3n) is 2.90. The highest BCUT2D eigenvalue weighted by atomic mass is 16.5. The SMILES string of the molecule is CCCNc1cc(Oc2ccccc2)nc(C(C)(C)C)n1. The van der Waals surface area contributed by atoms with Crippen LogP contribution in [0.2, 0.25) is 0 Å². The van der Waals surface area contributed by atoms with Gasteiger partial charge in [0.1, 0.15) is 17.4 Å². The minimum Gasteiger partial charge on any atom is -0.439 e. The van der Waals surface area contributed by atoms with Crippen LogP contribution in [0.5, 0.6) is 11.6 Å². The maximum atomic E-state index is 5.84. The third-order valence-corrected chi connectivity index (χ3v) is 2.90. The van der Waals surface area contributed by atoms with Crippen molar-refractivity contribution in [3.8, 4) is 11.6 Å². The molecule has 0 saturated heterocycles. The van der Waals surface area contributed by atoms with E-state index in [2.05, 4.69) is 43.0 Å². The van der Waals surface area contributed by atoms with Gasteiger partial charge in [-0.15, -0.1) is 0 Å². The van der Waals surface area contributed by atoms with Crippen LogP contribution in [0, 0.1) is 0 Å². The highest BCUT2D eigenvalue weighted by Crippen LogP contribution is 2.26. The van der Waals surface area contributed by atoms with Gasteiger partial charge in [0, 0.05) is 18.0 Å². The van der Waals surface area contributed by atoms with Crippen LogP contribution < -0.4 is 10.1 Å². The second kappa shape index (κ2) is 6.57. The van der Waals surface area contributed by atoms with E-state index >= 15 is 0 Å². The molecule has 0 aliphatic heterocycles. The van der Waals surface area contributed by atoms with Crippen LogP contribution in [0.1, 0.15) is 39.9 Å². The van der Waals surface area contributed by atoms with Crippen molar-refractivity contribution in [2.24, 2.45) is 0 Å². The molecule has 0 aliphatic carbocycles. The van der Waals surface area contributed by atoms with E-state index in [0.717, 1.165) is 30.4 Å². The van der Waals surface area contributed by atoms with Crippen molar-refractivity contribution in [2.75, 3.05) is 11.9 Å². The molecule has 1 aromatic carbocycles. The summed E-state index contributed by atoms with van der Waals surface area (Å²) in [7, 11) is 0. The summed E-state index contributed by atoms with van der Waals surface area (Å²) in [6.07, 6.45) is 1.05. The van der Waals surface area contributed by atoms with E-state index in [0.29, 0.717) is 5.88 Å². The minimum atomic E-state index is -0.126. The summed E-state index contributed by atoms with van der Waals surface area (Å²) in [5, 5.41) is 3.30. The average molecular weight is 285 g/mol. The highest BCUT2D eigenvalue weighted by Gasteiger charge is 2.19. The van der Waals surface area contributed by atoms with Crippen LogP contribution in [-0.2, 0) is 5.41 Å². The predicted octanol–water partition coefficient (Wildman–Crippen LogP) is 4.39. The van der Waals surface area contributed by atoms with E-state index in [-0.39, 0.29) is 5.41 Å². The molecule has 0 saturated carbocycles. The fourth-order valence-electron chi connectivity index (χ4n) is 1.77. The predicted molar refractivity (Wildman–Crippen MR) is 86.0 cm³/mol. The van der Waals surface area contributed by atoms with Crippen LogP contribution in [-0.4, -0.2) is 16.5 Å².